The van der Waals surface area contributed by atoms with Gasteiger partial charge in [-0.2, -0.15) is 0 Å². The van der Waals surface area contributed by atoms with Crippen LogP contribution in [0.25, 0.3) is 34.9 Å². The molecule has 0 saturated heterocycles. The molecule has 3 aromatic heterocycles. The summed E-state index contributed by atoms with van der Waals surface area (Å²) in [5.74, 6) is 0.735. The molecule has 4 aromatic rings. The number of pyridine rings is 1. The van der Waals surface area contributed by atoms with Gasteiger partial charge in [-0.25, -0.2) is 9.97 Å². The van der Waals surface area contributed by atoms with Crippen LogP contribution >= 0.6 is 0 Å². The zero-order valence-electron chi connectivity index (χ0n) is 14.3. The quantitative estimate of drug-likeness (QED) is 0.601. The molecule has 3 heterocycles. The van der Waals surface area contributed by atoms with Crippen LogP contribution in [0.2, 0.25) is 0 Å². The molecule has 6 nitrogen and oxygen atoms in total. The Kier molecular flexibility index (Phi) is 4.37. The average molecular weight is 356 g/mol. The van der Waals surface area contributed by atoms with Crippen molar-refractivity contribution in [1.29, 1.82) is 0 Å². The highest BCUT2D eigenvalue weighted by Crippen LogP contribution is 2.30. The Labute approximate surface area is 155 Å². The smallest absolute Gasteiger partial charge is 0.254 e. The summed E-state index contributed by atoms with van der Waals surface area (Å²) < 4.78 is 6.99. The van der Waals surface area contributed by atoms with Crippen LogP contribution < -0.4 is 11.3 Å². The zero-order valence-corrected chi connectivity index (χ0v) is 14.3. The second-order valence-corrected chi connectivity index (χ2v) is 5.86. The summed E-state index contributed by atoms with van der Waals surface area (Å²) in [6.45, 7) is 0. The van der Waals surface area contributed by atoms with E-state index in [4.69, 9.17) is 10.2 Å². The lowest BCUT2D eigenvalue weighted by Crippen LogP contribution is -2.13. The topological polar surface area (TPSA) is 86.9 Å². The molecule has 0 radical (unpaired) electrons. The van der Waals surface area contributed by atoms with Crippen molar-refractivity contribution in [3.05, 3.63) is 89.2 Å². The first kappa shape index (κ1) is 16.5. The molecule has 0 unspecified atom stereocenters. The van der Waals surface area contributed by atoms with Crippen LogP contribution in [-0.4, -0.2) is 14.5 Å². The molecule has 0 aliphatic carbocycles. The number of nitrogens with two attached hydrogens (primary N) is 1. The maximum absolute atomic E-state index is 12.2. The van der Waals surface area contributed by atoms with Crippen LogP contribution in [0.3, 0.4) is 0 Å². The lowest BCUT2D eigenvalue weighted by molar-refractivity contribution is 0.580. The first-order valence-corrected chi connectivity index (χ1v) is 8.33. The predicted octanol–water partition coefficient (Wildman–Crippen LogP) is 3.78. The molecule has 0 saturated carbocycles. The van der Waals surface area contributed by atoms with Gasteiger partial charge in [0, 0.05) is 35.8 Å². The predicted molar refractivity (Wildman–Crippen MR) is 106 cm³/mol. The molecular formula is C21H16N4O2. The first-order chi connectivity index (χ1) is 13.2. The van der Waals surface area contributed by atoms with Gasteiger partial charge < -0.3 is 10.2 Å². The Morgan fingerprint density at radius 1 is 1.04 bits per heavy atom. The van der Waals surface area contributed by atoms with E-state index in [1.165, 1.54) is 10.6 Å². The van der Waals surface area contributed by atoms with Crippen molar-refractivity contribution in [3.8, 4) is 22.6 Å². The fourth-order valence-electron chi connectivity index (χ4n) is 2.72. The number of hydrogen-bond acceptors (Lipinski definition) is 5. The molecule has 2 N–H and O–H groups in total. The Hall–Kier alpha value is -3.93. The Bertz CT molecular complexity index is 1150. The number of anilines is 1. The van der Waals surface area contributed by atoms with E-state index in [1.54, 1.807) is 43.1 Å². The van der Waals surface area contributed by atoms with Gasteiger partial charge in [0.05, 0.1) is 6.26 Å². The van der Waals surface area contributed by atoms with E-state index in [1.807, 2.05) is 36.4 Å². The van der Waals surface area contributed by atoms with Gasteiger partial charge >= 0.3 is 0 Å². The molecule has 4 rings (SSSR count). The van der Waals surface area contributed by atoms with Crippen LogP contribution in [0.5, 0.6) is 0 Å². The van der Waals surface area contributed by atoms with Crippen LogP contribution in [0.4, 0.5) is 5.95 Å². The standard InChI is InChI=1S/C21H16N4O2/c22-21-23-13-17(20(24-21)18-7-4-12-27-18)16-8-9-19(26)25(14-16)11-10-15-5-2-1-3-6-15/h1-14H,(H2,22,23,24). The van der Waals surface area contributed by atoms with E-state index < -0.39 is 0 Å². The number of rotatable bonds is 4. The van der Waals surface area contributed by atoms with Gasteiger partial charge in [-0.05, 0) is 29.8 Å². The second kappa shape index (κ2) is 7.13. The largest absolute Gasteiger partial charge is 0.463 e. The molecule has 0 bridgehead atoms. The average Bonchev–Trinajstić information content (AvgIpc) is 3.23. The summed E-state index contributed by atoms with van der Waals surface area (Å²) in [5, 5.41) is 0. The van der Waals surface area contributed by atoms with Gasteiger partial charge in [-0.3, -0.25) is 9.36 Å². The van der Waals surface area contributed by atoms with Crippen molar-refractivity contribution in [2.24, 2.45) is 0 Å². The molecule has 0 fully saturated rings. The Morgan fingerprint density at radius 3 is 2.67 bits per heavy atom. The second-order valence-electron chi connectivity index (χ2n) is 5.86. The van der Waals surface area contributed by atoms with Crippen molar-refractivity contribution in [2.45, 2.75) is 0 Å². The van der Waals surface area contributed by atoms with Gasteiger partial charge in [0.25, 0.3) is 5.56 Å². The molecule has 6 heteroatoms. The minimum Gasteiger partial charge on any atom is -0.463 e. The van der Waals surface area contributed by atoms with Crippen molar-refractivity contribution in [2.75, 3.05) is 5.73 Å². The van der Waals surface area contributed by atoms with E-state index in [0.717, 1.165) is 16.7 Å². The van der Waals surface area contributed by atoms with Gasteiger partial charge in [0.1, 0.15) is 5.69 Å². The van der Waals surface area contributed by atoms with Crippen LogP contribution in [0.1, 0.15) is 5.56 Å². The molecule has 0 atom stereocenters. The molecule has 132 valence electrons. The van der Waals surface area contributed by atoms with Crippen molar-refractivity contribution >= 4 is 18.2 Å². The molecule has 0 aliphatic rings. The van der Waals surface area contributed by atoms with Crippen LogP contribution in [0, 0.1) is 0 Å². The minimum absolute atomic E-state index is 0.137. The van der Waals surface area contributed by atoms with Gasteiger partial charge in [0.15, 0.2) is 5.76 Å². The van der Waals surface area contributed by atoms with E-state index >= 15 is 0 Å². The lowest BCUT2D eigenvalue weighted by atomic mass is 10.1. The summed E-state index contributed by atoms with van der Waals surface area (Å²) >= 11 is 0. The summed E-state index contributed by atoms with van der Waals surface area (Å²) in [7, 11) is 0. The maximum Gasteiger partial charge on any atom is 0.254 e. The molecule has 27 heavy (non-hydrogen) atoms. The van der Waals surface area contributed by atoms with Gasteiger partial charge in [0.2, 0.25) is 5.95 Å². The Morgan fingerprint density at radius 2 is 1.89 bits per heavy atom. The number of nitrogens with zero attached hydrogens (tertiary/aromatic N) is 3. The third-order valence-corrected chi connectivity index (χ3v) is 4.04. The van der Waals surface area contributed by atoms with E-state index in [-0.39, 0.29) is 11.5 Å². The highest BCUT2D eigenvalue weighted by Gasteiger charge is 2.13. The van der Waals surface area contributed by atoms with Crippen LogP contribution in [0.15, 0.2) is 82.5 Å². The lowest BCUT2D eigenvalue weighted by Gasteiger charge is -2.09. The Balaban J connectivity index is 1.78. The first-order valence-electron chi connectivity index (χ1n) is 8.33. The summed E-state index contributed by atoms with van der Waals surface area (Å²) in [6, 6.07) is 16.6. The molecular weight excluding hydrogens is 340 g/mol. The molecule has 1 aromatic carbocycles. The van der Waals surface area contributed by atoms with Gasteiger partial charge in [-0.15, -0.1) is 0 Å². The normalized spacial score (nSPS) is 11.1. The molecule has 0 spiro atoms. The summed E-state index contributed by atoms with van der Waals surface area (Å²) in [6.07, 6.45) is 8.54. The number of benzene rings is 1. The number of furan rings is 1. The SMILES string of the molecule is Nc1ncc(-c2ccc(=O)n(C=Cc3ccccc3)c2)c(-c2ccco2)n1. The number of aromatic nitrogens is 3. The van der Waals surface area contributed by atoms with E-state index in [0.29, 0.717) is 11.5 Å². The third-order valence-electron chi connectivity index (χ3n) is 4.04. The number of hydrogen-bond donors (Lipinski definition) is 1. The highest BCUT2D eigenvalue weighted by atomic mass is 16.3. The molecule has 0 aliphatic heterocycles. The zero-order chi connectivity index (χ0) is 18.6. The third kappa shape index (κ3) is 3.55. The van der Waals surface area contributed by atoms with E-state index in [9.17, 15) is 4.79 Å². The van der Waals surface area contributed by atoms with E-state index in [2.05, 4.69) is 9.97 Å². The molecule has 0 amide bonds. The van der Waals surface area contributed by atoms with Crippen molar-refractivity contribution in [1.82, 2.24) is 14.5 Å². The fourth-order valence-corrected chi connectivity index (χ4v) is 2.72. The highest BCUT2D eigenvalue weighted by molar-refractivity contribution is 5.78. The maximum atomic E-state index is 12.2. The summed E-state index contributed by atoms with van der Waals surface area (Å²) in [4.78, 5) is 20.6. The van der Waals surface area contributed by atoms with Gasteiger partial charge in [-0.1, -0.05) is 30.3 Å². The van der Waals surface area contributed by atoms with Crippen molar-refractivity contribution < 1.29 is 4.42 Å². The monoisotopic (exact) mass is 356 g/mol. The summed E-state index contributed by atoms with van der Waals surface area (Å²) in [5.41, 5.74) is 8.69. The minimum atomic E-state index is -0.137. The number of nitrogen functional groups attached to an aromatic ring is 1. The van der Waals surface area contributed by atoms with Crippen molar-refractivity contribution in [3.63, 3.8) is 0 Å². The van der Waals surface area contributed by atoms with Crippen LogP contribution in [-0.2, 0) is 0 Å². The fraction of sp³-hybridized carbons (Fsp3) is 0.